The molecule has 0 radical (unpaired) electrons. The van der Waals surface area contributed by atoms with Crippen molar-refractivity contribution in [2.45, 2.75) is 51.0 Å². The first-order chi connectivity index (χ1) is 6.43. The van der Waals surface area contributed by atoms with Crippen LogP contribution in [0.2, 0.25) is 0 Å². The van der Waals surface area contributed by atoms with Crippen molar-refractivity contribution in [3.8, 4) is 0 Å². The molecule has 0 bridgehead atoms. The molecular formula is C12H21N. The highest BCUT2D eigenvalue weighted by molar-refractivity contribution is 4.96. The summed E-state index contributed by atoms with van der Waals surface area (Å²) in [5.74, 6) is 3.19. The zero-order valence-corrected chi connectivity index (χ0v) is 8.47. The van der Waals surface area contributed by atoms with E-state index in [-0.39, 0.29) is 0 Å². The zero-order chi connectivity index (χ0) is 8.67. The average molecular weight is 179 g/mol. The van der Waals surface area contributed by atoms with Crippen molar-refractivity contribution in [1.82, 2.24) is 5.32 Å². The van der Waals surface area contributed by atoms with Crippen LogP contribution < -0.4 is 5.32 Å². The Hall–Kier alpha value is -0.0400. The molecule has 3 fully saturated rings. The Morgan fingerprint density at radius 3 is 1.92 bits per heavy atom. The Kier molecular flexibility index (Phi) is 2.08. The lowest BCUT2D eigenvalue weighted by Crippen LogP contribution is -2.38. The fourth-order valence-electron chi connectivity index (χ4n) is 2.63. The molecule has 0 aromatic rings. The zero-order valence-electron chi connectivity index (χ0n) is 8.47. The summed E-state index contributed by atoms with van der Waals surface area (Å²) in [5.41, 5.74) is 0. The molecule has 0 aromatic carbocycles. The smallest absolute Gasteiger partial charge is 0.0124 e. The first kappa shape index (κ1) is 8.28. The van der Waals surface area contributed by atoms with E-state index in [1.807, 2.05) is 0 Å². The van der Waals surface area contributed by atoms with Crippen LogP contribution in [0, 0.1) is 17.8 Å². The van der Waals surface area contributed by atoms with Gasteiger partial charge in [-0.05, 0) is 62.8 Å². The normalized spacial score (nSPS) is 29.3. The van der Waals surface area contributed by atoms with Crippen LogP contribution in [-0.4, -0.2) is 12.6 Å². The molecule has 3 aliphatic carbocycles. The van der Waals surface area contributed by atoms with Crippen molar-refractivity contribution < 1.29 is 0 Å². The van der Waals surface area contributed by atoms with Gasteiger partial charge in [-0.25, -0.2) is 0 Å². The van der Waals surface area contributed by atoms with Crippen LogP contribution in [0.15, 0.2) is 0 Å². The first-order valence-corrected chi connectivity index (χ1v) is 6.17. The van der Waals surface area contributed by atoms with E-state index >= 15 is 0 Å². The number of nitrogens with one attached hydrogen (secondary N) is 1. The van der Waals surface area contributed by atoms with E-state index in [1.54, 1.807) is 0 Å². The summed E-state index contributed by atoms with van der Waals surface area (Å²) in [7, 11) is 0. The minimum absolute atomic E-state index is 0.931. The third-order valence-corrected chi connectivity index (χ3v) is 4.13. The standard InChI is InChI=1S/C12H21N/c1-2-9(3-1)8-13-12(10-4-5-10)11-6-7-11/h9-13H,1-8H2. The van der Waals surface area contributed by atoms with Crippen molar-refractivity contribution >= 4 is 0 Å². The van der Waals surface area contributed by atoms with Gasteiger partial charge in [0.2, 0.25) is 0 Å². The van der Waals surface area contributed by atoms with Crippen LogP contribution in [0.1, 0.15) is 44.9 Å². The third kappa shape index (κ3) is 1.90. The van der Waals surface area contributed by atoms with E-state index in [1.165, 1.54) is 51.5 Å². The van der Waals surface area contributed by atoms with E-state index in [0.717, 1.165) is 23.8 Å². The molecular weight excluding hydrogens is 158 g/mol. The Morgan fingerprint density at radius 2 is 1.54 bits per heavy atom. The van der Waals surface area contributed by atoms with Gasteiger partial charge in [0, 0.05) is 6.04 Å². The monoisotopic (exact) mass is 179 g/mol. The summed E-state index contributed by atoms with van der Waals surface area (Å²) in [6.45, 7) is 1.33. The van der Waals surface area contributed by atoms with Crippen LogP contribution in [-0.2, 0) is 0 Å². The van der Waals surface area contributed by atoms with Gasteiger partial charge >= 0.3 is 0 Å². The molecule has 0 unspecified atom stereocenters. The molecule has 0 aromatic heterocycles. The molecule has 1 heteroatoms. The summed E-state index contributed by atoms with van der Waals surface area (Å²) in [6.07, 6.45) is 10.5. The fraction of sp³-hybridized carbons (Fsp3) is 1.00. The molecule has 3 rings (SSSR count). The third-order valence-electron chi connectivity index (χ3n) is 4.13. The Morgan fingerprint density at radius 1 is 0.923 bits per heavy atom. The molecule has 0 amide bonds. The van der Waals surface area contributed by atoms with Crippen LogP contribution in [0.3, 0.4) is 0 Å². The Labute approximate surface area is 81.3 Å². The average Bonchev–Trinajstić information content (AvgIpc) is 2.84. The van der Waals surface area contributed by atoms with Gasteiger partial charge in [-0.1, -0.05) is 6.42 Å². The first-order valence-electron chi connectivity index (χ1n) is 6.17. The summed E-state index contributed by atoms with van der Waals surface area (Å²) in [6, 6.07) is 0.931. The van der Waals surface area contributed by atoms with E-state index in [9.17, 15) is 0 Å². The maximum absolute atomic E-state index is 3.85. The van der Waals surface area contributed by atoms with Crippen LogP contribution in [0.5, 0.6) is 0 Å². The van der Waals surface area contributed by atoms with Gasteiger partial charge in [0.1, 0.15) is 0 Å². The lowest BCUT2D eigenvalue weighted by atomic mass is 9.85. The molecule has 3 aliphatic rings. The van der Waals surface area contributed by atoms with Crippen LogP contribution in [0.25, 0.3) is 0 Å². The molecule has 0 spiro atoms. The van der Waals surface area contributed by atoms with Gasteiger partial charge in [0.05, 0.1) is 0 Å². The lowest BCUT2D eigenvalue weighted by Gasteiger charge is -2.28. The predicted octanol–water partition coefficient (Wildman–Crippen LogP) is 2.56. The molecule has 1 N–H and O–H groups in total. The quantitative estimate of drug-likeness (QED) is 0.684. The van der Waals surface area contributed by atoms with E-state index in [4.69, 9.17) is 0 Å². The SMILES string of the molecule is C1CC(CNC(C2CC2)C2CC2)C1. The minimum Gasteiger partial charge on any atom is -0.313 e. The van der Waals surface area contributed by atoms with Gasteiger partial charge in [-0.2, -0.15) is 0 Å². The summed E-state index contributed by atoms with van der Waals surface area (Å²) < 4.78 is 0. The molecule has 0 heterocycles. The summed E-state index contributed by atoms with van der Waals surface area (Å²) in [4.78, 5) is 0. The van der Waals surface area contributed by atoms with Gasteiger partial charge in [-0.15, -0.1) is 0 Å². The minimum atomic E-state index is 0.931. The van der Waals surface area contributed by atoms with Crippen molar-refractivity contribution in [2.24, 2.45) is 17.8 Å². The van der Waals surface area contributed by atoms with Gasteiger partial charge in [0.15, 0.2) is 0 Å². The Balaban J connectivity index is 1.44. The number of rotatable bonds is 5. The number of hydrogen-bond acceptors (Lipinski definition) is 1. The van der Waals surface area contributed by atoms with Crippen LogP contribution >= 0.6 is 0 Å². The predicted molar refractivity (Wildman–Crippen MR) is 54.6 cm³/mol. The van der Waals surface area contributed by atoms with E-state index in [2.05, 4.69) is 5.32 Å². The topological polar surface area (TPSA) is 12.0 Å². The maximum atomic E-state index is 3.85. The molecule has 3 saturated carbocycles. The highest BCUT2D eigenvalue weighted by atomic mass is 15.0. The van der Waals surface area contributed by atoms with Crippen molar-refractivity contribution in [3.05, 3.63) is 0 Å². The van der Waals surface area contributed by atoms with Gasteiger partial charge < -0.3 is 5.32 Å². The second-order valence-corrected chi connectivity index (χ2v) is 5.41. The van der Waals surface area contributed by atoms with Crippen LogP contribution in [0.4, 0.5) is 0 Å². The van der Waals surface area contributed by atoms with Gasteiger partial charge in [-0.3, -0.25) is 0 Å². The highest BCUT2D eigenvalue weighted by Gasteiger charge is 2.41. The molecule has 1 nitrogen and oxygen atoms in total. The second kappa shape index (κ2) is 3.27. The van der Waals surface area contributed by atoms with E-state index in [0.29, 0.717) is 0 Å². The molecule has 0 saturated heterocycles. The second-order valence-electron chi connectivity index (χ2n) is 5.41. The number of hydrogen-bond donors (Lipinski definition) is 1. The molecule has 13 heavy (non-hydrogen) atoms. The lowest BCUT2D eigenvalue weighted by molar-refractivity contribution is 0.274. The Bertz CT molecular complexity index is 166. The van der Waals surface area contributed by atoms with Gasteiger partial charge in [0.25, 0.3) is 0 Å². The molecule has 74 valence electrons. The van der Waals surface area contributed by atoms with Crippen molar-refractivity contribution in [1.29, 1.82) is 0 Å². The fourth-order valence-corrected chi connectivity index (χ4v) is 2.63. The van der Waals surface area contributed by atoms with E-state index < -0.39 is 0 Å². The van der Waals surface area contributed by atoms with Crippen molar-refractivity contribution in [3.63, 3.8) is 0 Å². The molecule has 0 atom stereocenters. The largest absolute Gasteiger partial charge is 0.313 e. The molecule has 0 aliphatic heterocycles. The van der Waals surface area contributed by atoms with Crippen molar-refractivity contribution in [2.75, 3.05) is 6.54 Å². The summed E-state index contributed by atoms with van der Waals surface area (Å²) in [5, 5.41) is 3.85. The maximum Gasteiger partial charge on any atom is 0.0124 e. The summed E-state index contributed by atoms with van der Waals surface area (Å²) >= 11 is 0. The highest BCUT2D eigenvalue weighted by Crippen LogP contribution is 2.44.